The van der Waals surface area contributed by atoms with Crippen molar-refractivity contribution in [2.45, 2.75) is 37.6 Å². The van der Waals surface area contributed by atoms with Gasteiger partial charge in [0.05, 0.1) is 22.9 Å². The quantitative estimate of drug-likeness (QED) is 0.466. The molecule has 0 N–H and O–H groups in total. The number of benzene rings is 1. The summed E-state index contributed by atoms with van der Waals surface area (Å²) in [6, 6.07) is 7.79. The number of anilines is 2. The normalized spacial score (nSPS) is 17.5. The summed E-state index contributed by atoms with van der Waals surface area (Å²) in [6.45, 7) is 3.53. The van der Waals surface area contributed by atoms with Crippen LogP contribution in [0.15, 0.2) is 34.8 Å². The first-order valence-electron chi connectivity index (χ1n) is 10.2. The predicted molar refractivity (Wildman–Crippen MR) is 127 cm³/mol. The summed E-state index contributed by atoms with van der Waals surface area (Å²) in [4.78, 5) is 18.6. The Kier molecular flexibility index (Phi) is 6.68. The van der Waals surface area contributed by atoms with Crippen molar-refractivity contribution in [2.24, 2.45) is 13.0 Å². The van der Waals surface area contributed by atoms with Gasteiger partial charge in [0, 0.05) is 31.5 Å². The maximum Gasteiger partial charge on any atom is 0.230 e. The highest BCUT2D eigenvalue weighted by molar-refractivity contribution is 7.98. The Labute approximate surface area is 196 Å². The summed E-state index contributed by atoms with van der Waals surface area (Å²) in [5.74, 6) is 1.92. The van der Waals surface area contributed by atoms with Gasteiger partial charge in [-0.3, -0.25) is 9.69 Å². The standard InChI is InChI=1S/C21H25N5O3S3/c1-14-5-4-6-18(9-14)26(15(2)27)20-22-17(11-30-20)12-31-21-24-23-19(25(21)3)10-16-7-8-32(28,29)13-16/h4-6,9,11,16H,7-8,10,12-13H2,1-3H3/t16-/m0/s1. The van der Waals surface area contributed by atoms with E-state index in [1.807, 2.05) is 48.2 Å². The highest BCUT2D eigenvalue weighted by Crippen LogP contribution is 2.31. The number of aromatic nitrogens is 4. The number of aryl methyl sites for hydroxylation is 1. The molecule has 1 amide bonds. The summed E-state index contributed by atoms with van der Waals surface area (Å²) in [6.07, 6.45) is 1.31. The van der Waals surface area contributed by atoms with Crippen molar-refractivity contribution in [3.63, 3.8) is 0 Å². The molecule has 0 bridgehead atoms. The Morgan fingerprint density at radius 2 is 2.16 bits per heavy atom. The Balaban J connectivity index is 1.42. The minimum atomic E-state index is -2.90. The van der Waals surface area contributed by atoms with Crippen molar-refractivity contribution in [3.8, 4) is 0 Å². The van der Waals surface area contributed by atoms with Gasteiger partial charge in [0.25, 0.3) is 0 Å². The number of amides is 1. The Morgan fingerprint density at radius 1 is 1.34 bits per heavy atom. The third kappa shape index (κ3) is 5.21. The first kappa shape index (κ1) is 22.9. The molecule has 3 heterocycles. The van der Waals surface area contributed by atoms with Crippen molar-refractivity contribution >= 4 is 49.7 Å². The molecule has 1 fully saturated rings. The average molecular weight is 492 g/mol. The summed E-state index contributed by atoms with van der Waals surface area (Å²) < 4.78 is 25.3. The van der Waals surface area contributed by atoms with Crippen LogP contribution in [0, 0.1) is 12.8 Å². The lowest BCUT2D eigenvalue weighted by molar-refractivity contribution is -0.115. The molecule has 0 unspecified atom stereocenters. The molecule has 1 atom stereocenters. The molecule has 0 spiro atoms. The van der Waals surface area contributed by atoms with E-state index in [1.165, 1.54) is 30.0 Å². The van der Waals surface area contributed by atoms with Gasteiger partial charge in [-0.1, -0.05) is 23.9 Å². The van der Waals surface area contributed by atoms with Crippen LogP contribution in [-0.4, -0.2) is 45.6 Å². The molecule has 1 aliphatic heterocycles. The molecule has 0 aliphatic carbocycles. The molecular weight excluding hydrogens is 466 g/mol. The van der Waals surface area contributed by atoms with Gasteiger partial charge in [0.15, 0.2) is 20.1 Å². The van der Waals surface area contributed by atoms with Gasteiger partial charge in [-0.2, -0.15) is 0 Å². The van der Waals surface area contributed by atoms with Crippen LogP contribution in [0.2, 0.25) is 0 Å². The molecule has 32 heavy (non-hydrogen) atoms. The topological polar surface area (TPSA) is 98.1 Å². The molecule has 4 rings (SSSR count). The Morgan fingerprint density at radius 3 is 2.84 bits per heavy atom. The van der Waals surface area contributed by atoms with Gasteiger partial charge >= 0.3 is 0 Å². The number of thioether (sulfide) groups is 1. The van der Waals surface area contributed by atoms with Crippen LogP contribution in [0.1, 0.15) is 30.4 Å². The van der Waals surface area contributed by atoms with E-state index >= 15 is 0 Å². The van der Waals surface area contributed by atoms with Crippen molar-refractivity contribution in [2.75, 3.05) is 16.4 Å². The Bertz CT molecular complexity index is 1240. The number of hydrogen-bond donors (Lipinski definition) is 0. The maximum absolute atomic E-state index is 12.3. The second-order valence-electron chi connectivity index (χ2n) is 8.03. The van der Waals surface area contributed by atoms with E-state index in [1.54, 1.807) is 4.90 Å². The highest BCUT2D eigenvalue weighted by atomic mass is 32.2. The number of hydrogen-bond acceptors (Lipinski definition) is 8. The summed E-state index contributed by atoms with van der Waals surface area (Å²) in [5.41, 5.74) is 2.74. The number of carbonyl (C=O) groups is 1. The lowest BCUT2D eigenvalue weighted by atomic mass is 10.1. The van der Waals surface area contributed by atoms with Gasteiger partial charge in [-0.25, -0.2) is 13.4 Å². The summed E-state index contributed by atoms with van der Waals surface area (Å²) in [7, 11) is -0.994. The molecule has 11 heteroatoms. The van der Waals surface area contributed by atoms with Gasteiger partial charge < -0.3 is 4.57 Å². The van der Waals surface area contributed by atoms with Gasteiger partial charge in [0.2, 0.25) is 5.91 Å². The van der Waals surface area contributed by atoms with Crippen LogP contribution in [0.25, 0.3) is 0 Å². The second kappa shape index (κ2) is 9.32. The van der Waals surface area contributed by atoms with Crippen LogP contribution in [-0.2, 0) is 33.9 Å². The number of carbonyl (C=O) groups excluding carboxylic acids is 1. The van der Waals surface area contributed by atoms with Crippen LogP contribution in [0.3, 0.4) is 0 Å². The molecular formula is C21H25N5O3S3. The van der Waals surface area contributed by atoms with Crippen LogP contribution >= 0.6 is 23.1 Å². The van der Waals surface area contributed by atoms with Crippen molar-refractivity contribution in [1.29, 1.82) is 0 Å². The summed E-state index contributed by atoms with van der Waals surface area (Å²) in [5, 5.41) is 11.9. The average Bonchev–Trinajstić information content (AvgIpc) is 3.41. The molecule has 1 aromatic carbocycles. The molecule has 8 nitrogen and oxygen atoms in total. The minimum absolute atomic E-state index is 0.0870. The van der Waals surface area contributed by atoms with E-state index < -0.39 is 9.84 Å². The van der Waals surface area contributed by atoms with Crippen molar-refractivity contribution in [3.05, 3.63) is 46.7 Å². The lowest BCUT2D eigenvalue weighted by Crippen LogP contribution is -2.22. The van der Waals surface area contributed by atoms with E-state index in [2.05, 4.69) is 15.2 Å². The number of thiazole rings is 1. The molecule has 0 saturated carbocycles. The van der Waals surface area contributed by atoms with Crippen molar-refractivity contribution in [1.82, 2.24) is 19.7 Å². The molecule has 2 aromatic heterocycles. The van der Waals surface area contributed by atoms with E-state index in [0.717, 1.165) is 27.9 Å². The minimum Gasteiger partial charge on any atom is -0.309 e. The zero-order valence-corrected chi connectivity index (χ0v) is 20.6. The van der Waals surface area contributed by atoms with E-state index in [-0.39, 0.29) is 23.3 Å². The third-order valence-corrected chi connectivity index (χ3v) is 9.14. The van der Waals surface area contributed by atoms with Crippen LogP contribution in [0.4, 0.5) is 10.8 Å². The molecule has 1 aliphatic rings. The van der Waals surface area contributed by atoms with Crippen LogP contribution in [0.5, 0.6) is 0 Å². The van der Waals surface area contributed by atoms with Gasteiger partial charge in [-0.05, 0) is 37.0 Å². The largest absolute Gasteiger partial charge is 0.309 e. The Hall–Kier alpha value is -2.24. The van der Waals surface area contributed by atoms with Gasteiger partial charge in [-0.15, -0.1) is 21.5 Å². The molecule has 3 aromatic rings. The monoisotopic (exact) mass is 491 g/mol. The van der Waals surface area contributed by atoms with E-state index in [4.69, 9.17) is 0 Å². The molecule has 0 radical (unpaired) electrons. The third-order valence-electron chi connectivity index (χ3n) is 5.38. The lowest BCUT2D eigenvalue weighted by Gasteiger charge is -2.18. The van der Waals surface area contributed by atoms with E-state index in [9.17, 15) is 13.2 Å². The van der Waals surface area contributed by atoms with Gasteiger partial charge in [0.1, 0.15) is 5.82 Å². The number of rotatable bonds is 7. The number of nitrogens with zero attached hydrogens (tertiary/aromatic N) is 5. The molecule has 170 valence electrons. The zero-order valence-electron chi connectivity index (χ0n) is 18.2. The first-order valence-corrected chi connectivity index (χ1v) is 13.9. The van der Waals surface area contributed by atoms with E-state index in [0.29, 0.717) is 23.7 Å². The fraction of sp³-hybridized carbons (Fsp3) is 0.429. The smallest absolute Gasteiger partial charge is 0.230 e. The zero-order chi connectivity index (χ0) is 22.9. The number of sulfone groups is 1. The first-order chi connectivity index (χ1) is 15.2. The molecule has 1 saturated heterocycles. The second-order valence-corrected chi connectivity index (χ2v) is 12.0. The predicted octanol–water partition coefficient (Wildman–Crippen LogP) is 3.53. The fourth-order valence-electron chi connectivity index (χ4n) is 3.74. The van der Waals surface area contributed by atoms with Crippen molar-refractivity contribution < 1.29 is 13.2 Å². The maximum atomic E-state index is 12.3. The van der Waals surface area contributed by atoms with Crippen LogP contribution < -0.4 is 4.90 Å². The highest BCUT2D eigenvalue weighted by Gasteiger charge is 2.29. The summed E-state index contributed by atoms with van der Waals surface area (Å²) >= 11 is 2.96. The fourth-order valence-corrected chi connectivity index (χ4v) is 7.41. The SMILES string of the molecule is CC(=O)N(c1cccc(C)c1)c1nc(CSc2nnc(C[C@@H]3CCS(=O)(=O)C3)n2C)cs1.